The van der Waals surface area contributed by atoms with E-state index in [0.29, 0.717) is 23.8 Å². The van der Waals surface area contributed by atoms with Crippen molar-refractivity contribution in [1.82, 2.24) is 4.90 Å². The van der Waals surface area contributed by atoms with Gasteiger partial charge in [0.05, 0.1) is 12.7 Å². The number of nitrogens with zero attached hydrogens (tertiary/aromatic N) is 2. The third kappa shape index (κ3) is 3.37. The lowest BCUT2D eigenvalue weighted by molar-refractivity contribution is -0.118. The van der Waals surface area contributed by atoms with Gasteiger partial charge in [-0.2, -0.15) is 5.26 Å². The fraction of sp³-hybridized carbons (Fsp3) is 0.500. The molecule has 4 heteroatoms. The summed E-state index contributed by atoms with van der Waals surface area (Å²) in [6, 6.07) is 8.15. The van der Waals surface area contributed by atoms with Crippen LogP contribution in [0.1, 0.15) is 37.3 Å². The fourth-order valence-corrected chi connectivity index (χ4v) is 2.83. The highest BCUT2D eigenvalue weighted by Gasteiger charge is 2.25. The highest BCUT2D eigenvalue weighted by Crippen LogP contribution is 2.25. The smallest absolute Gasteiger partial charge is 0.136 e. The van der Waals surface area contributed by atoms with E-state index in [4.69, 9.17) is 10.00 Å². The van der Waals surface area contributed by atoms with Crippen LogP contribution in [0.25, 0.3) is 0 Å². The summed E-state index contributed by atoms with van der Waals surface area (Å²) in [5.41, 5.74) is 1.68. The first-order chi connectivity index (χ1) is 9.63. The summed E-state index contributed by atoms with van der Waals surface area (Å²) in [4.78, 5) is 13.6. The molecule has 0 spiro atoms. The molecule has 0 radical (unpaired) electrons. The van der Waals surface area contributed by atoms with Crippen LogP contribution >= 0.6 is 0 Å². The number of Topliss-reactive ketones (excluding diaryl/α,β-unsaturated/α-hetero) is 1. The molecule has 1 heterocycles. The van der Waals surface area contributed by atoms with Crippen LogP contribution < -0.4 is 4.74 Å². The van der Waals surface area contributed by atoms with E-state index < -0.39 is 0 Å². The van der Waals surface area contributed by atoms with Gasteiger partial charge in [0, 0.05) is 19.0 Å². The number of likely N-dealkylation sites (tertiary alicyclic amines) is 1. The summed E-state index contributed by atoms with van der Waals surface area (Å²) in [6.45, 7) is 3.49. The van der Waals surface area contributed by atoms with Crippen molar-refractivity contribution in [2.24, 2.45) is 0 Å². The van der Waals surface area contributed by atoms with Gasteiger partial charge in [-0.15, -0.1) is 0 Å². The molecule has 1 atom stereocenters. The maximum Gasteiger partial charge on any atom is 0.136 e. The van der Waals surface area contributed by atoms with Crippen LogP contribution in [0.4, 0.5) is 0 Å². The van der Waals surface area contributed by atoms with Crippen molar-refractivity contribution >= 4 is 5.78 Å². The largest absolute Gasteiger partial charge is 0.495 e. The molecule has 0 N–H and O–H groups in total. The van der Waals surface area contributed by atoms with Gasteiger partial charge in [0.1, 0.15) is 17.6 Å². The Morgan fingerprint density at radius 1 is 1.55 bits per heavy atom. The minimum absolute atomic E-state index is 0.249. The van der Waals surface area contributed by atoms with Gasteiger partial charge in [0.15, 0.2) is 0 Å². The van der Waals surface area contributed by atoms with Gasteiger partial charge in [0.2, 0.25) is 0 Å². The number of methoxy groups -OCH3 is 1. The zero-order valence-corrected chi connectivity index (χ0v) is 12.1. The van der Waals surface area contributed by atoms with Crippen LogP contribution in [-0.4, -0.2) is 30.4 Å². The van der Waals surface area contributed by atoms with E-state index in [9.17, 15) is 4.79 Å². The van der Waals surface area contributed by atoms with Crippen LogP contribution in [0, 0.1) is 11.3 Å². The first kappa shape index (κ1) is 14.5. The van der Waals surface area contributed by atoms with Crippen LogP contribution in [0.3, 0.4) is 0 Å². The second-order valence-corrected chi connectivity index (χ2v) is 5.32. The van der Waals surface area contributed by atoms with Crippen molar-refractivity contribution in [1.29, 1.82) is 5.26 Å². The molecule has 0 aromatic heterocycles. The van der Waals surface area contributed by atoms with Crippen molar-refractivity contribution < 1.29 is 9.53 Å². The Labute approximate surface area is 120 Å². The molecule has 1 aliphatic rings. The van der Waals surface area contributed by atoms with Gasteiger partial charge >= 0.3 is 0 Å². The number of hydrogen-bond donors (Lipinski definition) is 0. The van der Waals surface area contributed by atoms with Gasteiger partial charge in [0.25, 0.3) is 0 Å². The lowest BCUT2D eigenvalue weighted by atomic mass is 10.1. The Morgan fingerprint density at radius 3 is 3.00 bits per heavy atom. The first-order valence-electron chi connectivity index (χ1n) is 6.94. The summed E-state index contributed by atoms with van der Waals surface area (Å²) in [5.74, 6) is 0.867. The molecule has 1 saturated heterocycles. The normalized spacial score (nSPS) is 18.8. The summed E-state index contributed by atoms with van der Waals surface area (Å²) < 4.78 is 5.24. The van der Waals surface area contributed by atoms with Crippen molar-refractivity contribution in [3.8, 4) is 11.8 Å². The zero-order valence-electron chi connectivity index (χ0n) is 12.1. The number of ether oxygens (including phenoxy) is 1. The van der Waals surface area contributed by atoms with Gasteiger partial charge < -0.3 is 4.74 Å². The van der Waals surface area contributed by atoms with E-state index in [-0.39, 0.29) is 5.78 Å². The molecule has 1 fully saturated rings. The summed E-state index contributed by atoms with van der Waals surface area (Å²) in [5, 5.41) is 8.99. The van der Waals surface area contributed by atoms with Gasteiger partial charge in [-0.05, 0) is 44.0 Å². The average Bonchev–Trinajstić information content (AvgIpc) is 2.85. The minimum Gasteiger partial charge on any atom is -0.495 e. The molecular weight excluding hydrogens is 252 g/mol. The minimum atomic E-state index is 0.249. The maximum atomic E-state index is 11.3. The van der Waals surface area contributed by atoms with Crippen molar-refractivity contribution in [2.45, 2.75) is 38.8 Å². The fourth-order valence-electron chi connectivity index (χ4n) is 2.83. The molecule has 0 bridgehead atoms. The van der Waals surface area contributed by atoms with E-state index >= 15 is 0 Å². The van der Waals surface area contributed by atoms with Gasteiger partial charge in [-0.25, -0.2) is 0 Å². The molecule has 0 saturated carbocycles. The van der Waals surface area contributed by atoms with Crippen molar-refractivity contribution in [2.75, 3.05) is 13.7 Å². The van der Waals surface area contributed by atoms with E-state index in [1.165, 1.54) is 0 Å². The van der Waals surface area contributed by atoms with E-state index in [0.717, 1.165) is 31.5 Å². The highest BCUT2D eigenvalue weighted by atomic mass is 16.5. The van der Waals surface area contributed by atoms with Gasteiger partial charge in [-0.3, -0.25) is 9.69 Å². The zero-order chi connectivity index (χ0) is 14.5. The molecule has 1 aliphatic heterocycles. The predicted octanol–water partition coefficient (Wildman–Crippen LogP) is 2.51. The van der Waals surface area contributed by atoms with Crippen LogP contribution in [0.2, 0.25) is 0 Å². The van der Waals surface area contributed by atoms with Crippen molar-refractivity contribution in [3.63, 3.8) is 0 Å². The summed E-state index contributed by atoms with van der Waals surface area (Å²) >= 11 is 0. The average molecular weight is 272 g/mol. The molecule has 4 nitrogen and oxygen atoms in total. The quantitative estimate of drug-likeness (QED) is 0.826. The lowest BCUT2D eigenvalue weighted by Crippen LogP contribution is -2.30. The monoisotopic (exact) mass is 272 g/mol. The van der Waals surface area contributed by atoms with Crippen LogP contribution in [0.5, 0.6) is 5.75 Å². The standard InChI is InChI=1S/C16H20N2O2/c1-12(19)8-15-4-3-7-18(15)11-13-5-6-14(10-17)16(9-13)20-2/h5-6,9,15H,3-4,7-8,11H2,1-2H3. The SMILES string of the molecule is COc1cc(CN2CCCC2CC(C)=O)ccc1C#N. The molecule has 1 unspecified atom stereocenters. The Morgan fingerprint density at radius 2 is 2.35 bits per heavy atom. The number of rotatable bonds is 5. The first-order valence-corrected chi connectivity index (χ1v) is 6.94. The van der Waals surface area contributed by atoms with Crippen LogP contribution in [0.15, 0.2) is 18.2 Å². The second kappa shape index (κ2) is 6.53. The predicted molar refractivity (Wildman–Crippen MR) is 76.4 cm³/mol. The molecular formula is C16H20N2O2. The molecule has 2 rings (SSSR count). The van der Waals surface area contributed by atoms with Gasteiger partial charge in [-0.1, -0.05) is 6.07 Å². The summed E-state index contributed by atoms with van der Waals surface area (Å²) in [6.07, 6.45) is 2.87. The number of carbonyl (C=O) groups excluding carboxylic acids is 1. The third-order valence-corrected chi connectivity index (χ3v) is 3.79. The number of nitriles is 1. The second-order valence-electron chi connectivity index (χ2n) is 5.32. The molecule has 106 valence electrons. The molecule has 20 heavy (non-hydrogen) atoms. The Kier molecular flexibility index (Phi) is 4.75. The topological polar surface area (TPSA) is 53.3 Å². The Balaban J connectivity index is 2.09. The highest BCUT2D eigenvalue weighted by molar-refractivity contribution is 5.76. The maximum absolute atomic E-state index is 11.3. The number of benzene rings is 1. The summed E-state index contributed by atoms with van der Waals surface area (Å²) in [7, 11) is 1.58. The Hall–Kier alpha value is -1.86. The number of hydrogen-bond acceptors (Lipinski definition) is 4. The molecule has 1 aromatic rings. The van der Waals surface area contributed by atoms with E-state index in [1.54, 1.807) is 20.1 Å². The number of ketones is 1. The molecule has 0 aliphatic carbocycles. The van der Waals surface area contributed by atoms with E-state index in [2.05, 4.69) is 11.0 Å². The third-order valence-electron chi connectivity index (χ3n) is 3.79. The molecule has 0 amide bonds. The van der Waals surface area contributed by atoms with E-state index in [1.807, 2.05) is 12.1 Å². The van der Waals surface area contributed by atoms with Crippen LogP contribution in [-0.2, 0) is 11.3 Å². The van der Waals surface area contributed by atoms with Crippen molar-refractivity contribution in [3.05, 3.63) is 29.3 Å². The Bertz CT molecular complexity index is 534. The lowest BCUT2D eigenvalue weighted by Gasteiger charge is -2.23. The number of carbonyl (C=O) groups is 1. The molecule has 1 aromatic carbocycles.